The molecule has 0 aromatic carbocycles. The van der Waals surface area contributed by atoms with Gasteiger partial charge in [0.1, 0.15) is 11.3 Å². The Labute approximate surface area is 83.6 Å². The molecular weight excluding hydrogens is 182 g/mol. The van der Waals surface area contributed by atoms with Crippen LogP contribution in [0.25, 0.3) is 0 Å². The van der Waals surface area contributed by atoms with E-state index >= 15 is 0 Å². The Morgan fingerprint density at radius 3 is 2.71 bits per heavy atom. The second kappa shape index (κ2) is 6.88. The highest BCUT2D eigenvalue weighted by molar-refractivity contribution is 6.09. The molecule has 4 nitrogen and oxygen atoms in total. The molecule has 0 atom stereocenters. The summed E-state index contributed by atoms with van der Waals surface area (Å²) in [5, 5.41) is 9.17. The van der Waals surface area contributed by atoms with Crippen LogP contribution in [0.3, 0.4) is 0 Å². The van der Waals surface area contributed by atoms with Gasteiger partial charge in [-0.15, -0.1) is 6.58 Å². The molecular formula is C10H15NO3. The third-order valence-electron chi connectivity index (χ3n) is 1.34. The smallest absolute Gasteiger partial charge is 0.343 e. The fourth-order valence-electron chi connectivity index (χ4n) is 0.721. The van der Waals surface area contributed by atoms with Crippen LogP contribution < -0.4 is 0 Å². The first-order valence-electron chi connectivity index (χ1n) is 4.31. The highest BCUT2D eigenvalue weighted by atomic mass is 16.5. The summed E-state index contributed by atoms with van der Waals surface area (Å²) in [7, 11) is 0. The van der Waals surface area contributed by atoms with E-state index in [-0.39, 0.29) is 17.9 Å². The number of aliphatic hydroxyl groups excluding tert-OH is 1. The van der Waals surface area contributed by atoms with Gasteiger partial charge in [-0.2, -0.15) is 0 Å². The first-order chi connectivity index (χ1) is 6.63. The number of allylic oxidation sites excluding steroid dienone is 1. The number of nitrogens with zero attached hydrogens (tertiary/aromatic N) is 1. The Balaban J connectivity index is 4.55. The molecule has 0 aliphatic carbocycles. The molecule has 78 valence electrons. The van der Waals surface area contributed by atoms with Crippen LogP contribution >= 0.6 is 0 Å². The van der Waals surface area contributed by atoms with Gasteiger partial charge in [0.25, 0.3) is 0 Å². The molecule has 0 aliphatic rings. The molecule has 0 saturated carbocycles. The molecule has 0 amide bonds. The maximum Gasteiger partial charge on any atom is 0.343 e. The Morgan fingerprint density at radius 2 is 2.29 bits per heavy atom. The van der Waals surface area contributed by atoms with Crippen molar-refractivity contribution in [3.05, 3.63) is 24.0 Å². The number of hydrogen-bond donors (Lipinski definition) is 1. The molecule has 0 aliphatic heterocycles. The van der Waals surface area contributed by atoms with Gasteiger partial charge >= 0.3 is 5.97 Å². The van der Waals surface area contributed by atoms with Crippen molar-refractivity contribution in [2.24, 2.45) is 4.99 Å². The fourth-order valence-corrected chi connectivity index (χ4v) is 0.721. The second-order valence-corrected chi connectivity index (χ2v) is 2.50. The first-order valence-corrected chi connectivity index (χ1v) is 4.31. The summed E-state index contributed by atoms with van der Waals surface area (Å²) in [5.74, 6) is -0.670. The third-order valence-corrected chi connectivity index (χ3v) is 1.34. The van der Waals surface area contributed by atoms with E-state index in [9.17, 15) is 9.90 Å². The predicted molar refractivity (Wildman–Crippen MR) is 55.5 cm³/mol. The topological polar surface area (TPSA) is 58.9 Å². The molecule has 0 bridgehead atoms. The summed E-state index contributed by atoms with van der Waals surface area (Å²) in [6.07, 6.45) is 2.88. The monoisotopic (exact) mass is 197 g/mol. The van der Waals surface area contributed by atoms with Crippen LogP contribution in [0.4, 0.5) is 0 Å². The van der Waals surface area contributed by atoms with Crippen LogP contribution in [-0.4, -0.2) is 30.4 Å². The summed E-state index contributed by atoms with van der Waals surface area (Å²) in [6.45, 7) is 7.25. The van der Waals surface area contributed by atoms with E-state index in [4.69, 9.17) is 4.74 Å². The maximum absolute atomic E-state index is 11.2. The average molecular weight is 197 g/mol. The number of rotatable bonds is 5. The number of carbonyl (C=O) groups excluding carboxylic acids is 1. The maximum atomic E-state index is 11.2. The number of ether oxygens (including phenoxy) is 1. The van der Waals surface area contributed by atoms with Crippen molar-refractivity contribution >= 4 is 12.2 Å². The highest BCUT2D eigenvalue weighted by Gasteiger charge is 2.10. The lowest BCUT2D eigenvalue weighted by molar-refractivity contribution is -0.138. The predicted octanol–water partition coefficient (Wildman–Crippen LogP) is 1.64. The van der Waals surface area contributed by atoms with Gasteiger partial charge in [-0.1, -0.05) is 6.08 Å². The summed E-state index contributed by atoms with van der Waals surface area (Å²) in [4.78, 5) is 15.1. The van der Waals surface area contributed by atoms with Crippen molar-refractivity contribution < 1.29 is 14.6 Å². The van der Waals surface area contributed by atoms with E-state index in [1.165, 1.54) is 13.1 Å². The van der Waals surface area contributed by atoms with Gasteiger partial charge in [0.2, 0.25) is 0 Å². The van der Waals surface area contributed by atoms with Crippen LogP contribution in [-0.2, 0) is 9.53 Å². The Hall–Kier alpha value is -1.58. The van der Waals surface area contributed by atoms with Gasteiger partial charge < -0.3 is 9.84 Å². The van der Waals surface area contributed by atoms with Gasteiger partial charge in [-0.05, 0) is 13.8 Å². The SMILES string of the molecule is C=CCN=C/C(C(=O)OCC)=C(\C)O. The number of esters is 1. The van der Waals surface area contributed by atoms with Crippen molar-refractivity contribution in [3.63, 3.8) is 0 Å². The van der Waals surface area contributed by atoms with E-state index < -0.39 is 5.97 Å². The van der Waals surface area contributed by atoms with Crippen LogP contribution in [0, 0.1) is 0 Å². The summed E-state index contributed by atoms with van der Waals surface area (Å²) in [5.41, 5.74) is 0.0775. The molecule has 1 N–H and O–H groups in total. The van der Waals surface area contributed by atoms with Gasteiger partial charge in [-0.3, -0.25) is 4.99 Å². The van der Waals surface area contributed by atoms with Crippen LogP contribution in [0.1, 0.15) is 13.8 Å². The fraction of sp³-hybridized carbons (Fsp3) is 0.400. The number of aliphatic imine (C=N–C) groups is 1. The molecule has 0 aromatic rings. The zero-order chi connectivity index (χ0) is 11.0. The van der Waals surface area contributed by atoms with E-state index in [1.54, 1.807) is 13.0 Å². The number of hydrogen-bond acceptors (Lipinski definition) is 4. The van der Waals surface area contributed by atoms with Crippen molar-refractivity contribution in [2.75, 3.05) is 13.2 Å². The molecule has 0 radical (unpaired) electrons. The summed E-state index contributed by atoms with van der Waals surface area (Å²) in [6, 6.07) is 0. The van der Waals surface area contributed by atoms with E-state index in [1.807, 2.05) is 0 Å². The molecule has 4 heteroatoms. The largest absolute Gasteiger partial charge is 0.512 e. The van der Waals surface area contributed by atoms with E-state index in [2.05, 4.69) is 11.6 Å². The Morgan fingerprint density at radius 1 is 1.64 bits per heavy atom. The molecule has 0 fully saturated rings. The van der Waals surface area contributed by atoms with Gasteiger partial charge in [-0.25, -0.2) is 4.79 Å². The standard InChI is InChI=1S/C10H15NO3/c1-4-6-11-7-9(8(3)12)10(13)14-5-2/h4,7,12H,1,5-6H2,2-3H3/b9-8-,11-7?. The van der Waals surface area contributed by atoms with Crippen LogP contribution in [0.15, 0.2) is 29.0 Å². The molecule has 14 heavy (non-hydrogen) atoms. The lowest BCUT2D eigenvalue weighted by Gasteiger charge is -2.02. The average Bonchev–Trinajstić information content (AvgIpc) is 2.12. The van der Waals surface area contributed by atoms with Crippen molar-refractivity contribution in [1.82, 2.24) is 0 Å². The second-order valence-electron chi connectivity index (χ2n) is 2.50. The molecule has 0 heterocycles. The molecule has 0 aromatic heterocycles. The normalized spacial score (nSPS) is 12.4. The van der Waals surface area contributed by atoms with E-state index in [0.29, 0.717) is 6.54 Å². The van der Waals surface area contributed by atoms with Crippen molar-refractivity contribution in [2.45, 2.75) is 13.8 Å². The molecule has 0 rings (SSSR count). The van der Waals surface area contributed by atoms with Crippen LogP contribution in [0.2, 0.25) is 0 Å². The minimum Gasteiger partial charge on any atom is -0.512 e. The van der Waals surface area contributed by atoms with Gasteiger partial charge in [0.05, 0.1) is 13.2 Å². The van der Waals surface area contributed by atoms with Gasteiger partial charge in [0, 0.05) is 6.21 Å². The minimum absolute atomic E-state index is 0.0775. The van der Waals surface area contributed by atoms with Crippen molar-refractivity contribution in [3.8, 4) is 0 Å². The summed E-state index contributed by atoms with van der Waals surface area (Å²) >= 11 is 0. The highest BCUT2D eigenvalue weighted by Crippen LogP contribution is 2.01. The third kappa shape index (κ3) is 4.45. The quantitative estimate of drug-likeness (QED) is 0.239. The zero-order valence-corrected chi connectivity index (χ0v) is 8.49. The molecule has 0 spiro atoms. The lowest BCUT2D eigenvalue weighted by Crippen LogP contribution is -2.10. The minimum atomic E-state index is -0.569. The van der Waals surface area contributed by atoms with Crippen LogP contribution in [0.5, 0.6) is 0 Å². The summed E-state index contributed by atoms with van der Waals surface area (Å²) < 4.78 is 4.72. The zero-order valence-electron chi connectivity index (χ0n) is 8.49. The molecule has 0 saturated heterocycles. The Kier molecular flexibility index (Phi) is 6.11. The first kappa shape index (κ1) is 12.4. The Bertz CT molecular complexity index is 263. The van der Waals surface area contributed by atoms with Gasteiger partial charge in [0.15, 0.2) is 0 Å². The van der Waals surface area contributed by atoms with E-state index in [0.717, 1.165) is 0 Å². The number of aliphatic hydroxyl groups is 1. The molecule has 0 unspecified atom stereocenters. The van der Waals surface area contributed by atoms with Crippen molar-refractivity contribution in [1.29, 1.82) is 0 Å². The number of carbonyl (C=O) groups is 1. The lowest BCUT2D eigenvalue weighted by atomic mass is 10.2.